The van der Waals surface area contributed by atoms with Crippen molar-refractivity contribution >= 4 is 32.4 Å². The Bertz CT molecular complexity index is 1800. The van der Waals surface area contributed by atoms with Gasteiger partial charge in [-0.25, -0.2) is 17.9 Å². The summed E-state index contributed by atoms with van der Waals surface area (Å²) < 4.78 is 39.5. The average Bonchev–Trinajstić information content (AvgIpc) is 2.99. The van der Waals surface area contributed by atoms with Crippen molar-refractivity contribution in [2.75, 3.05) is 26.2 Å². The fraction of sp³-hybridized carbons (Fsp3) is 0.267. The van der Waals surface area contributed by atoms with Crippen LogP contribution in [0.2, 0.25) is 0 Å². The zero-order valence-electron chi connectivity index (χ0n) is 22.6. The molecule has 212 valence electrons. The molecule has 0 spiro atoms. The van der Waals surface area contributed by atoms with E-state index in [9.17, 15) is 27.2 Å². The van der Waals surface area contributed by atoms with Crippen molar-refractivity contribution in [1.82, 2.24) is 20.0 Å². The van der Waals surface area contributed by atoms with Gasteiger partial charge < -0.3 is 9.80 Å². The minimum Gasteiger partial charge on any atom is -0.338 e. The quantitative estimate of drug-likeness (QED) is 0.377. The van der Waals surface area contributed by atoms with Gasteiger partial charge in [0.25, 0.3) is 11.5 Å². The maximum atomic E-state index is 14.8. The molecule has 0 saturated carbocycles. The Hall–Kier alpha value is -4.38. The molecule has 0 radical (unpaired) electrons. The van der Waals surface area contributed by atoms with Crippen LogP contribution >= 0.6 is 0 Å². The van der Waals surface area contributed by atoms with Gasteiger partial charge in [0.1, 0.15) is 10.6 Å². The molecule has 0 atom stereocenters. The number of nitrogens with one attached hydrogen (secondary N) is 1. The van der Waals surface area contributed by atoms with Gasteiger partial charge in [-0.2, -0.15) is 5.10 Å². The Morgan fingerprint density at radius 3 is 2.20 bits per heavy atom. The van der Waals surface area contributed by atoms with Crippen molar-refractivity contribution in [1.29, 1.82) is 0 Å². The molecule has 0 bridgehead atoms. The number of carbonyl (C=O) groups excluding carboxylic acids is 2. The number of rotatable bonds is 6. The van der Waals surface area contributed by atoms with Crippen molar-refractivity contribution in [2.24, 2.45) is 0 Å². The molecule has 2 heterocycles. The predicted molar refractivity (Wildman–Crippen MR) is 152 cm³/mol. The number of amides is 2. The largest absolute Gasteiger partial charge is 0.338 e. The monoisotopic (exact) mass is 576 g/mol. The van der Waals surface area contributed by atoms with Gasteiger partial charge in [-0.1, -0.05) is 42.5 Å². The molecule has 1 N–H and O–H groups in total. The van der Waals surface area contributed by atoms with Gasteiger partial charge in [-0.3, -0.25) is 14.4 Å². The number of benzene rings is 3. The molecule has 1 saturated heterocycles. The highest BCUT2D eigenvalue weighted by molar-refractivity contribution is 7.93. The van der Waals surface area contributed by atoms with Crippen molar-refractivity contribution in [3.05, 3.63) is 106 Å². The number of H-pyrrole nitrogens is 1. The first-order valence-corrected chi connectivity index (χ1v) is 14.6. The van der Waals surface area contributed by atoms with Crippen molar-refractivity contribution in [3.8, 4) is 0 Å². The minimum atomic E-state index is -3.96. The van der Waals surface area contributed by atoms with Crippen LogP contribution in [0, 0.1) is 5.82 Å². The van der Waals surface area contributed by atoms with Crippen molar-refractivity contribution in [2.45, 2.75) is 29.9 Å². The van der Waals surface area contributed by atoms with Gasteiger partial charge in [-0.15, -0.1) is 0 Å². The van der Waals surface area contributed by atoms with E-state index in [4.69, 9.17) is 0 Å². The number of halogens is 1. The molecule has 1 fully saturated rings. The number of nitrogens with zero attached hydrogens (tertiary/aromatic N) is 3. The van der Waals surface area contributed by atoms with E-state index in [1.165, 1.54) is 47.9 Å². The molecule has 9 nitrogen and oxygen atoms in total. The Labute approximate surface area is 236 Å². The second-order valence-electron chi connectivity index (χ2n) is 10.4. The smallest absolute Gasteiger partial charge is 0.272 e. The molecule has 0 unspecified atom stereocenters. The molecule has 1 aliphatic rings. The van der Waals surface area contributed by atoms with Gasteiger partial charge in [0, 0.05) is 38.0 Å². The van der Waals surface area contributed by atoms with E-state index in [0.29, 0.717) is 22.0 Å². The summed E-state index contributed by atoms with van der Waals surface area (Å²) >= 11 is 0. The molecule has 1 aliphatic heterocycles. The molecule has 1 aromatic heterocycles. The highest BCUT2D eigenvalue weighted by Gasteiger charge is 2.45. The molecule has 2 amide bonds. The number of aromatic nitrogens is 2. The van der Waals surface area contributed by atoms with E-state index >= 15 is 0 Å². The number of sulfone groups is 1. The highest BCUT2D eigenvalue weighted by atomic mass is 32.2. The summed E-state index contributed by atoms with van der Waals surface area (Å²) in [6.45, 7) is 3.26. The Morgan fingerprint density at radius 2 is 1.51 bits per heavy atom. The third kappa shape index (κ3) is 5.24. The van der Waals surface area contributed by atoms with Gasteiger partial charge >= 0.3 is 0 Å². The SMILES string of the molecule is CC(C)(C(=O)N1CCN(C(=O)c2cc(Cc3n[nH]c(=O)c4ccccc34)ccc2F)CC1)S(=O)(=O)c1ccccc1. The molecular weight excluding hydrogens is 547 g/mol. The number of hydrogen-bond acceptors (Lipinski definition) is 6. The van der Waals surface area contributed by atoms with Crippen LogP contribution in [-0.2, 0) is 21.1 Å². The van der Waals surface area contributed by atoms with E-state index in [-0.39, 0.29) is 48.6 Å². The van der Waals surface area contributed by atoms with E-state index in [2.05, 4.69) is 10.2 Å². The second-order valence-corrected chi connectivity index (χ2v) is 12.9. The van der Waals surface area contributed by atoms with Crippen LogP contribution in [0.25, 0.3) is 10.8 Å². The van der Waals surface area contributed by atoms with Crippen LogP contribution in [-0.4, -0.2) is 71.2 Å². The van der Waals surface area contributed by atoms with Gasteiger partial charge in [-0.05, 0) is 49.7 Å². The fourth-order valence-corrected chi connectivity index (χ4v) is 6.48. The summed E-state index contributed by atoms with van der Waals surface area (Å²) in [5.41, 5.74) is 0.813. The lowest BCUT2D eigenvalue weighted by Gasteiger charge is -2.38. The van der Waals surface area contributed by atoms with Crippen LogP contribution in [0.15, 0.2) is 82.5 Å². The summed E-state index contributed by atoms with van der Waals surface area (Å²) in [5, 5.41) is 7.81. The first-order valence-electron chi connectivity index (χ1n) is 13.1. The van der Waals surface area contributed by atoms with Crippen molar-refractivity contribution in [3.63, 3.8) is 0 Å². The molecular formula is C30H29FN4O5S. The second kappa shape index (κ2) is 10.9. The summed E-state index contributed by atoms with van der Waals surface area (Å²) in [5.74, 6) is -1.75. The number of fused-ring (bicyclic) bond motifs is 1. The maximum absolute atomic E-state index is 14.8. The lowest BCUT2D eigenvalue weighted by Crippen LogP contribution is -2.57. The molecule has 11 heteroatoms. The topological polar surface area (TPSA) is 121 Å². The molecule has 41 heavy (non-hydrogen) atoms. The zero-order valence-corrected chi connectivity index (χ0v) is 23.4. The molecule has 4 aromatic rings. The van der Waals surface area contributed by atoms with Crippen LogP contribution < -0.4 is 5.56 Å². The first kappa shape index (κ1) is 28.2. The fourth-order valence-electron chi connectivity index (χ4n) is 5.02. The number of aromatic amines is 1. The predicted octanol–water partition coefficient (Wildman–Crippen LogP) is 3.19. The average molecular weight is 577 g/mol. The lowest BCUT2D eigenvalue weighted by molar-refractivity contribution is -0.134. The molecule has 0 aliphatic carbocycles. The minimum absolute atomic E-state index is 0.0626. The highest BCUT2D eigenvalue weighted by Crippen LogP contribution is 2.28. The van der Waals surface area contributed by atoms with E-state index in [1.807, 2.05) is 0 Å². The number of piperazine rings is 1. The van der Waals surface area contributed by atoms with Crippen LogP contribution in [0.5, 0.6) is 0 Å². The number of hydrogen-bond donors (Lipinski definition) is 1. The van der Waals surface area contributed by atoms with Crippen LogP contribution in [0.3, 0.4) is 0 Å². The molecule has 5 rings (SSSR count). The van der Waals surface area contributed by atoms with Gasteiger partial charge in [0.05, 0.1) is 21.5 Å². The van der Waals surface area contributed by atoms with Gasteiger partial charge in [0.15, 0.2) is 9.84 Å². The Morgan fingerprint density at radius 1 is 0.902 bits per heavy atom. The lowest BCUT2D eigenvalue weighted by atomic mass is 10.0. The van der Waals surface area contributed by atoms with E-state index in [1.54, 1.807) is 48.5 Å². The Kier molecular flexibility index (Phi) is 7.48. The van der Waals surface area contributed by atoms with Crippen molar-refractivity contribution < 1.29 is 22.4 Å². The first-order chi connectivity index (χ1) is 19.5. The van der Waals surface area contributed by atoms with E-state index in [0.717, 1.165) is 0 Å². The Balaban J connectivity index is 1.30. The molecule has 3 aromatic carbocycles. The van der Waals surface area contributed by atoms with Gasteiger partial charge in [0.2, 0.25) is 5.91 Å². The van der Waals surface area contributed by atoms with Crippen LogP contribution in [0.1, 0.15) is 35.5 Å². The maximum Gasteiger partial charge on any atom is 0.272 e. The van der Waals surface area contributed by atoms with E-state index < -0.39 is 32.2 Å². The summed E-state index contributed by atoms with van der Waals surface area (Å²) in [7, 11) is -3.96. The summed E-state index contributed by atoms with van der Waals surface area (Å²) in [6, 6.07) is 19.1. The zero-order chi connectivity index (χ0) is 29.4. The third-order valence-electron chi connectivity index (χ3n) is 7.50. The standard InChI is InChI=1S/C30H29FN4O5S/c1-30(2,41(39,40)21-8-4-3-5-9-21)29(38)35-16-14-34(15-17-35)28(37)24-18-20(12-13-25(24)31)19-26-22-10-6-7-11-23(22)27(36)33-32-26/h3-13,18H,14-17,19H2,1-2H3,(H,33,36). The number of carbonyl (C=O) groups is 2. The van der Waals surface area contributed by atoms with Crippen LogP contribution in [0.4, 0.5) is 4.39 Å². The normalized spacial score (nSPS) is 14.3. The summed E-state index contributed by atoms with van der Waals surface area (Å²) in [6.07, 6.45) is 0.269. The third-order valence-corrected chi connectivity index (χ3v) is 9.91. The summed E-state index contributed by atoms with van der Waals surface area (Å²) in [4.78, 5) is 41.7.